The largest absolute Gasteiger partial charge is 0.440 e. The van der Waals surface area contributed by atoms with Crippen molar-refractivity contribution in [2.75, 3.05) is 5.32 Å². The quantitative estimate of drug-likeness (QED) is 0.680. The predicted octanol–water partition coefficient (Wildman–Crippen LogP) is 5.43. The summed E-state index contributed by atoms with van der Waals surface area (Å²) in [6.45, 7) is 1.87. The topological polar surface area (TPSA) is 55.1 Å². The summed E-state index contributed by atoms with van der Waals surface area (Å²) in [6.07, 6.45) is 2.06. The summed E-state index contributed by atoms with van der Waals surface area (Å²) in [5.41, 5.74) is 2.74. The molecule has 1 fully saturated rings. The van der Waals surface area contributed by atoms with Crippen LogP contribution in [0.3, 0.4) is 0 Å². The van der Waals surface area contributed by atoms with Gasteiger partial charge >= 0.3 is 0 Å². The molecule has 0 bridgehead atoms. The Kier molecular flexibility index (Phi) is 4.06. The Bertz CT molecular complexity index is 930. The van der Waals surface area contributed by atoms with Crippen molar-refractivity contribution in [2.24, 2.45) is 0 Å². The van der Waals surface area contributed by atoms with Gasteiger partial charge in [0.2, 0.25) is 5.89 Å². The molecule has 1 heterocycles. The number of benzene rings is 2. The Hall–Kier alpha value is -2.59. The lowest BCUT2D eigenvalue weighted by molar-refractivity contribution is 0.102. The second kappa shape index (κ2) is 6.37. The summed E-state index contributed by atoms with van der Waals surface area (Å²) >= 11 is 6.13. The van der Waals surface area contributed by atoms with Crippen molar-refractivity contribution in [1.82, 2.24) is 4.98 Å². The zero-order valence-electron chi connectivity index (χ0n) is 13.8. The molecule has 2 aromatic carbocycles. The van der Waals surface area contributed by atoms with Gasteiger partial charge in [0.15, 0.2) is 5.69 Å². The van der Waals surface area contributed by atoms with Crippen molar-refractivity contribution in [3.05, 3.63) is 70.6 Å². The third-order valence-electron chi connectivity index (χ3n) is 4.35. The normalized spacial score (nSPS) is 13.7. The van der Waals surface area contributed by atoms with Crippen LogP contribution in [0.15, 0.2) is 52.9 Å². The highest BCUT2D eigenvalue weighted by Gasteiger charge is 2.34. The molecule has 1 amide bonds. The van der Waals surface area contributed by atoms with Crippen molar-refractivity contribution in [1.29, 1.82) is 0 Å². The molecule has 0 aliphatic heterocycles. The molecular formula is C20H17ClN2O2. The van der Waals surface area contributed by atoms with Gasteiger partial charge in [-0.2, -0.15) is 0 Å². The van der Waals surface area contributed by atoms with Crippen LogP contribution in [-0.4, -0.2) is 10.9 Å². The molecule has 3 aromatic rings. The Labute approximate surface area is 150 Å². The van der Waals surface area contributed by atoms with E-state index >= 15 is 0 Å². The standard InChI is InChI=1S/C20H17ClN2O2/c1-12-15(21)8-5-9-16(12)22-19(24)17-18(13-10-11-13)25-20(23-17)14-6-3-2-4-7-14/h2-9,13H,10-11H2,1H3,(H,22,24). The van der Waals surface area contributed by atoms with Gasteiger partial charge in [-0.1, -0.05) is 35.9 Å². The van der Waals surface area contributed by atoms with Gasteiger partial charge in [0.25, 0.3) is 5.91 Å². The van der Waals surface area contributed by atoms with Gasteiger partial charge in [0, 0.05) is 22.2 Å². The second-order valence-corrected chi connectivity index (χ2v) is 6.65. The van der Waals surface area contributed by atoms with E-state index < -0.39 is 0 Å². The molecule has 0 unspecified atom stereocenters. The van der Waals surface area contributed by atoms with Crippen molar-refractivity contribution < 1.29 is 9.21 Å². The van der Waals surface area contributed by atoms with Crippen molar-refractivity contribution in [3.8, 4) is 11.5 Å². The number of amides is 1. The Morgan fingerprint density at radius 1 is 1.16 bits per heavy atom. The van der Waals surface area contributed by atoms with Gasteiger partial charge < -0.3 is 9.73 Å². The first-order valence-electron chi connectivity index (χ1n) is 8.26. The van der Waals surface area contributed by atoms with Gasteiger partial charge in [0.05, 0.1) is 0 Å². The van der Waals surface area contributed by atoms with Crippen LogP contribution < -0.4 is 5.32 Å². The lowest BCUT2D eigenvalue weighted by Gasteiger charge is -2.08. The molecule has 0 atom stereocenters. The molecule has 1 saturated carbocycles. The summed E-state index contributed by atoms with van der Waals surface area (Å²) in [6, 6.07) is 15.1. The Morgan fingerprint density at radius 3 is 2.64 bits per heavy atom. The summed E-state index contributed by atoms with van der Waals surface area (Å²) in [7, 11) is 0. The highest BCUT2D eigenvalue weighted by molar-refractivity contribution is 6.31. The summed E-state index contributed by atoms with van der Waals surface area (Å²) < 4.78 is 5.94. The molecule has 1 aliphatic carbocycles. The molecule has 4 rings (SSSR count). The van der Waals surface area contributed by atoms with E-state index in [2.05, 4.69) is 10.3 Å². The molecular weight excluding hydrogens is 336 g/mol. The zero-order valence-corrected chi connectivity index (χ0v) is 14.5. The van der Waals surface area contributed by atoms with Gasteiger partial charge in [-0.3, -0.25) is 4.79 Å². The number of nitrogens with zero attached hydrogens (tertiary/aromatic N) is 1. The van der Waals surface area contributed by atoms with Crippen LogP contribution in [0.5, 0.6) is 0 Å². The first kappa shape index (κ1) is 15.9. The number of oxazole rings is 1. The lowest BCUT2D eigenvalue weighted by Crippen LogP contribution is -2.15. The third-order valence-corrected chi connectivity index (χ3v) is 4.76. The Balaban J connectivity index is 1.68. The number of halogens is 1. The average molecular weight is 353 g/mol. The van der Waals surface area contributed by atoms with E-state index in [4.69, 9.17) is 16.0 Å². The van der Waals surface area contributed by atoms with E-state index in [0.717, 1.165) is 24.0 Å². The maximum absolute atomic E-state index is 12.8. The SMILES string of the molecule is Cc1c(Cl)cccc1NC(=O)c1nc(-c2ccccc2)oc1C1CC1. The van der Waals surface area contributed by atoms with Crippen LogP contribution in [-0.2, 0) is 0 Å². The van der Waals surface area contributed by atoms with E-state index in [1.165, 1.54) is 0 Å². The zero-order chi connectivity index (χ0) is 17.4. The van der Waals surface area contributed by atoms with Crippen molar-refractivity contribution >= 4 is 23.2 Å². The molecule has 1 aliphatic rings. The summed E-state index contributed by atoms with van der Waals surface area (Å²) in [5, 5.41) is 3.53. The van der Waals surface area contributed by atoms with Gasteiger partial charge in [-0.15, -0.1) is 0 Å². The molecule has 126 valence electrons. The molecule has 0 saturated heterocycles. The molecule has 25 heavy (non-hydrogen) atoms. The molecule has 5 heteroatoms. The Morgan fingerprint density at radius 2 is 1.92 bits per heavy atom. The minimum absolute atomic E-state index is 0.266. The van der Waals surface area contributed by atoms with Crippen LogP contribution in [0, 0.1) is 6.92 Å². The first-order chi connectivity index (χ1) is 12.1. The van der Waals surface area contributed by atoms with E-state index in [0.29, 0.717) is 28.1 Å². The number of carbonyl (C=O) groups is 1. The molecule has 1 N–H and O–H groups in total. The first-order valence-corrected chi connectivity index (χ1v) is 8.64. The van der Waals surface area contributed by atoms with Gasteiger partial charge in [-0.05, 0) is 49.6 Å². The number of nitrogens with one attached hydrogen (secondary N) is 1. The minimum atomic E-state index is -0.266. The minimum Gasteiger partial charge on any atom is -0.440 e. The van der Waals surface area contributed by atoms with Crippen LogP contribution in [0.1, 0.15) is 40.6 Å². The fourth-order valence-electron chi connectivity index (χ4n) is 2.75. The molecule has 0 radical (unpaired) electrons. The predicted molar refractivity (Wildman–Crippen MR) is 98.1 cm³/mol. The van der Waals surface area contributed by atoms with E-state index in [1.807, 2.05) is 49.4 Å². The lowest BCUT2D eigenvalue weighted by atomic mass is 10.2. The summed E-state index contributed by atoms with van der Waals surface area (Å²) in [5.74, 6) is 1.18. The number of carbonyl (C=O) groups excluding carboxylic acids is 1. The van der Waals surface area contributed by atoms with Crippen LogP contribution in [0.4, 0.5) is 5.69 Å². The average Bonchev–Trinajstić information content (AvgIpc) is 3.38. The fourth-order valence-corrected chi connectivity index (χ4v) is 2.92. The van der Waals surface area contributed by atoms with E-state index in [-0.39, 0.29) is 11.8 Å². The van der Waals surface area contributed by atoms with Gasteiger partial charge in [0.1, 0.15) is 5.76 Å². The van der Waals surface area contributed by atoms with Crippen LogP contribution >= 0.6 is 11.6 Å². The number of hydrogen-bond acceptors (Lipinski definition) is 3. The van der Waals surface area contributed by atoms with Gasteiger partial charge in [-0.25, -0.2) is 4.98 Å². The number of hydrogen-bond donors (Lipinski definition) is 1. The van der Waals surface area contributed by atoms with Crippen molar-refractivity contribution in [3.63, 3.8) is 0 Å². The monoisotopic (exact) mass is 352 g/mol. The van der Waals surface area contributed by atoms with Crippen molar-refractivity contribution in [2.45, 2.75) is 25.7 Å². The molecule has 4 nitrogen and oxygen atoms in total. The maximum Gasteiger partial charge on any atom is 0.277 e. The number of rotatable bonds is 4. The van der Waals surface area contributed by atoms with Crippen LogP contribution in [0.25, 0.3) is 11.5 Å². The molecule has 0 spiro atoms. The number of aromatic nitrogens is 1. The highest BCUT2D eigenvalue weighted by Crippen LogP contribution is 2.43. The summed E-state index contributed by atoms with van der Waals surface area (Å²) in [4.78, 5) is 17.3. The van der Waals surface area contributed by atoms with E-state index in [1.54, 1.807) is 6.07 Å². The van der Waals surface area contributed by atoms with E-state index in [9.17, 15) is 4.79 Å². The smallest absolute Gasteiger partial charge is 0.277 e. The number of anilines is 1. The van der Waals surface area contributed by atoms with Crippen LogP contribution in [0.2, 0.25) is 5.02 Å². The second-order valence-electron chi connectivity index (χ2n) is 6.24. The maximum atomic E-state index is 12.8. The molecule has 1 aromatic heterocycles. The highest BCUT2D eigenvalue weighted by atomic mass is 35.5. The third kappa shape index (κ3) is 3.17. The fraction of sp³-hybridized carbons (Fsp3) is 0.200.